The Hall–Kier alpha value is -3.20. The van der Waals surface area contributed by atoms with Gasteiger partial charge in [0, 0.05) is 32.0 Å². The number of rotatable bonds is 12. The molecule has 3 aromatic rings. The number of ether oxygens (including phenoxy) is 2. The van der Waals surface area contributed by atoms with Crippen molar-refractivity contribution in [2.24, 2.45) is 0 Å². The zero-order valence-electron chi connectivity index (χ0n) is 23.0. The minimum Gasteiger partial charge on any atom is -0.477 e. The van der Waals surface area contributed by atoms with Gasteiger partial charge in [-0.1, -0.05) is 12.8 Å². The second kappa shape index (κ2) is 13.6. The maximum atomic E-state index is 13.4. The molecule has 2 N–H and O–H groups in total. The summed E-state index contributed by atoms with van der Waals surface area (Å²) in [7, 11) is -3.50. The number of nitrogens with zero attached hydrogens (tertiary/aromatic N) is 5. The van der Waals surface area contributed by atoms with Crippen molar-refractivity contribution in [3.63, 3.8) is 0 Å². The number of amides is 1. The molecule has 1 aliphatic carbocycles. The Kier molecular flexibility index (Phi) is 9.75. The van der Waals surface area contributed by atoms with Gasteiger partial charge in [0.15, 0.2) is 5.01 Å². The van der Waals surface area contributed by atoms with Crippen LogP contribution in [0, 0.1) is 0 Å². The van der Waals surface area contributed by atoms with E-state index in [1.54, 1.807) is 30.7 Å². The van der Waals surface area contributed by atoms with Gasteiger partial charge in [-0.2, -0.15) is 0 Å². The summed E-state index contributed by atoms with van der Waals surface area (Å²) in [4.78, 5) is 33.8. The topological polar surface area (TPSA) is 149 Å². The summed E-state index contributed by atoms with van der Waals surface area (Å²) < 4.78 is 39.5. The Bertz CT molecular complexity index is 1420. The molecule has 1 amide bonds. The molecule has 1 aliphatic heterocycles. The first-order valence-corrected chi connectivity index (χ1v) is 16.3. The number of nitrogens with one attached hydrogen (secondary N) is 2. The highest BCUT2D eigenvalue weighted by Crippen LogP contribution is 2.28. The van der Waals surface area contributed by atoms with Crippen molar-refractivity contribution in [3.8, 4) is 16.5 Å². The molecule has 4 heterocycles. The monoisotopic (exact) mass is 601 g/mol. The predicted molar refractivity (Wildman–Crippen MR) is 155 cm³/mol. The van der Waals surface area contributed by atoms with Crippen LogP contribution in [0.4, 0.5) is 5.69 Å². The SMILES string of the molecule is CCOc1cncc(-c2cnc(C(=O)NC(CCN3CCOCC3)c3cc(NS(=O)(=O)C4CCCC4)ccn3)s2)n1. The molecule has 1 saturated heterocycles. The quantitative estimate of drug-likeness (QED) is 0.317. The maximum absolute atomic E-state index is 13.4. The zero-order valence-corrected chi connectivity index (χ0v) is 24.6. The molecule has 3 aromatic heterocycles. The van der Waals surface area contributed by atoms with Gasteiger partial charge in [0.1, 0.15) is 5.69 Å². The summed E-state index contributed by atoms with van der Waals surface area (Å²) in [6.45, 7) is 6.02. The first kappa shape index (κ1) is 29.3. The largest absolute Gasteiger partial charge is 0.477 e. The van der Waals surface area contributed by atoms with Crippen LogP contribution in [0.3, 0.4) is 0 Å². The molecule has 2 fully saturated rings. The van der Waals surface area contributed by atoms with E-state index >= 15 is 0 Å². The fourth-order valence-corrected chi connectivity index (χ4v) is 7.33. The van der Waals surface area contributed by atoms with Crippen LogP contribution >= 0.6 is 11.3 Å². The molecule has 41 heavy (non-hydrogen) atoms. The lowest BCUT2D eigenvalue weighted by Crippen LogP contribution is -2.39. The van der Waals surface area contributed by atoms with Crippen LogP contribution in [-0.2, 0) is 14.8 Å². The van der Waals surface area contributed by atoms with Gasteiger partial charge in [-0.05, 0) is 38.3 Å². The van der Waals surface area contributed by atoms with E-state index in [-0.39, 0.29) is 16.2 Å². The molecule has 14 heteroatoms. The van der Waals surface area contributed by atoms with Crippen LogP contribution < -0.4 is 14.8 Å². The minimum absolute atomic E-state index is 0.276. The second-order valence-corrected chi connectivity index (χ2v) is 13.0. The van der Waals surface area contributed by atoms with Crippen molar-refractivity contribution in [1.82, 2.24) is 30.2 Å². The van der Waals surface area contributed by atoms with Gasteiger partial charge in [-0.15, -0.1) is 11.3 Å². The van der Waals surface area contributed by atoms with Crippen molar-refractivity contribution in [2.75, 3.05) is 44.2 Å². The first-order chi connectivity index (χ1) is 19.9. The van der Waals surface area contributed by atoms with Crippen molar-refractivity contribution >= 4 is 33.0 Å². The van der Waals surface area contributed by atoms with E-state index in [1.807, 2.05) is 6.92 Å². The lowest BCUT2D eigenvalue weighted by atomic mass is 10.1. The molecule has 1 atom stereocenters. The van der Waals surface area contributed by atoms with E-state index in [9.17, 15) is 13.2 Å². The molecular weight excluding hydrogens is 566 g/mol. The highest BCUT2D eigenvalue weighted by molar-refractivity contribution is 7.93. The van der Waals surface area contributed by atoms with Crippen LogP contribution in [-0.4, -0.2) is 83.9 Å². The average Bonchev–Trinajstić information content (AvgIpc) is 3.70. The number of hydrogen-bond donors (Lipinski definition) is 2. The number of hydrogen-bond acceptors (Lipinski definition) is 11. The van der Waals surface area contributed by atoms with E-state index in [1.165, 1.54) is 17.5 Å². The number of thiazole rings is 1. The molecule has 0 aromatic carbocycles. The third-order valence-electron chi connectivity index (χ3n) is 7.14. The zero-order chi connectivity index (χ0) is 28.7. The predicted octanol–water partition coefficient (Wildman–Crippen LogP) is 3.27. The lowest BCUT2D eigenvalue weighted by molar-refractivity contribution is 0.0359. The average molecular weight is 602 g/mol. The highest BCUT2D eigenvalue weighted by atomic mass is 32.2. The third kappa shape index (κ3) is 7.76. The van der Waals surface area contributed by atoms with Gasteiger partial charge in [-0.25, -0.2) is 18.4 Å². The number of carbonyl (C=O) groups excluding carboxylic acids is 1. The fraction of sp³-hybridized carbons (Fsp3) is 0.519. The molecule has 220 valence electrons. The van der Waals surface area contributed by atoms with E-state index in [0.717, 1.165) is 32.5 Å². The highest BCUT2D eigenvalue weighted by Gasteiger charge is 2.29. The summed E-state index contributed by atoms with van der Waals surface area (Å²) in [5.41, 5.74) is 1.59. The number of anilines is 1. The van der Waals surface area contributed by atoms with Crippen LogP contribution in [0.1, 0.15) is 60.6 Å². The smallest absolute Gasteiger partial charge is 0.280 e. The van der Waals surface area contributed by atoms with Crippen LogP contribution in [0.2, 0.25) is 0 Å². The Balaban J connectivity index is 1.33. The van der Waals surface area contributed by atoms with E-state index < -0.39 is 16.1 Å². The summed E-state index contributed by atoms with van der Waals surface area (Å²) in [5, 5.41) is 2.98. The molecule has 1 saturated carbocycles. The van der Waals surface area contributed by atoms with Crippen LogP contribution in [0.25, 0.3) is 10.6 Å². The summed E-state index contributed by atoms with van der Waals surface area (Å²) >= 11 is 1.21. The molecule has 0 bridgehead atoms. The van der Waals surface area contributed by atoms with Gasteiger partial charge in [0.2, 0.25) is 15.9 Å². The third-order valence-corrected chi connectivity index (χ3v) is 10.0. The van der Waals surface area contributed by atoms with Crippen molar-refractivity contribution in [1.29, 1.82) is 0 Å². The van der Waals surface area contributed by atoms with Gasteiger partial charge in [0.25, 0.3) is 5.91 Å². The van der Waals surface area contributed by atoms with Gasteiger partial charge >= 0.3 is 0 Å². The fourth-order valence-electron chi connectivity index (χ4n) is 4.98. The van der Waals surface area contributed by atoms with Gasteiger partial charge < -0.3 is 14.8 Å². The molecule has 2 aliphatic rings. The number of sulfonamides is 1. The Morgan fingerprint density at radius 2 is 2.00 bits per heavy atom. The van der Waals surface area contributed by atoms with Gasteiger partial charge in [-0.3, -0.25) is 24.4 Å². The van der Waals surface area contributed by atoms with E-state index in [4.69, 9.17) is 9.47 Å². The first-order valence-electron chi connectivity index (χ1n) is 13.9. The molecule has 1 unspecified atom stereocenters. The molecule has 0 radical (unpaired) electrons. The summed E-state index contributed by atoms with van der Waals surface area (Å²) in [5.74, 6) is 0.0583. The minimum atomic E-state index is -3.50. The Labute approximate surface area is 244 Å². The molecular formula is C27H35N7O5S2. The number of carbonyl (C=O) groups is 1. The maximum Gasteiger partial charge on any atom is 0.280 e. The van der Waals surface area contributed by atoms with Crippen LogP contribution in [0.15, 0.2) is 36.9 Å². The van der Waals surface area contributed by atoms with Crippen LogP contribution in [0.5, 0.6) is 5.88 Å². The van der Waals surface area contributed by atoms with Gasteiger partial charge in [0.05, 0.1) is 59.8 Å². The molecule has 5 rings (SSSR count). The standard InChI is InChI=1S/C27H35N7O5S2/c1-2-39-25-18-28-16-23(31-25)24-17-30-27(40-24)26(35)32-21(8-10-34-11-13-38-14-12-34)22-15-19(7-9-29-22)33-41(36,37)20-5-3-4-6-20/h7,9,15-18,20-21H,2-6,8,10-14H2,1H3,(H,29,33)(H,32,35). The summed E-state index contributed by atoms with van der Waals surface area (Å²) in [6, 6.07) is 2.88. The van der Waals surface area contributed by atoms with E-state index in [0.29, 0.717) is 66.9 Å². The van der Waals surface area contributed by atoms with Crippen molar-refractivity contribution in [3.05, 3.63) is 47.6 Å². The number of morpholine rings is 1. The molecule has 12 nitrogen and oxygen atoms in total. The Morgan fingerprint density at radius 3 is 2.78 bits per heavy atom. The number of pyridine rings is 1. The normalized spacial score (nSPS) is 17.3. The molecule has 0 spiro atoms. The van der Waals surface area contributed by atoms with Crippen molar-refractivity contribution in [2.45, 2.75) is 50.3 Å². The van der Waals surface area contributed by atoms with E-state index in [2.05, 4.69) is 34.9 Å². The van der Waals surface area contributed by atoms with Crippen molar-refractivity contribution < 1.29 is 22.7 Å². The number of aromatic nitrogens is 4. The Morgan fingerprint density at radius 1 is 1.20 bits per heavy atom. The second-order valence-electron chi connectivity index (χ2n) is 10.00. The lowest BCUT2D eigenvalue weighted by Gasteiger charge is -2.28. The summed E-state index contributed by atoms with van der Waals surface area (Å²) in [6.07, 6.45) is 10.1.